The van der Waals surface area contributed by atoms with Crippen molar-refractivity contribution in [2.45, 2.75) is 0 Å². The molecule has 2 aromatic rings. The van der Waals surface area contributed by atoms with Gasteiger partial charge >= 0.3 is 0 Å². The van der Waals surface area contributed by atoms with E-state index < -0.39 is 0 Å². The van der Waals surface area contributed by atoms with Gasteiger partial charge in [0.15, 0.2) is 0 Å². The summed E-state index contributed by atoms with van der Waals surface area (Å²) in [6.07, 6.45) is 0. The molecule has 1 heterocycles. The van der Waals surface area contributed by atoms with Crippen LogP contribution in [0, 0.1) is 0 Å². The lowest BCUT2D eigenvalue weighted by molar-refractivity contribution is 0.630. The normalized spacial score (nSPS) is 10.1. The summed E-state index contributed by atoms with van der Waals surface area (Å²) in [5.74, 6) is 0.648. The van der Waals surface area contributed by atoms with Crippen LogP contribution in [0.15, 0.2) is 24.3 Å². The molecule has 0 aliphatic heterocycles. The number of hydrogen-bond donors (Lipinski definition) is 1. The Morgan fingerprint density at radius 3 is 2.43 bits per heavy atom. The fourth-order valence-electron chi connectivity index (χ4n) is 1.19. The van der Waals surface area contributed by atoms with Gasteiger partial charge in [0.2, 0.25) is 5.82 Å². The number of benzene rings is 1. The zero-order valence-corrected chi connectivity index (χ0v) is 8.10. The van der Waals surface area contributed by atoms with Gasteiger partial charge in [0, 0.05) is 18.3 Å². The Bertz CT molecular complexity index is 417. The van der Waals surface area contributed by atoms with E-state index in [1.54, 1.807) is 7.05 Å². The molecule has 0 atom stereocenters. The van der Waals surface area contributed by atoms with E-state index in [0.717, 1.165) is 11.3 Å². The number of rotatable bonds is 2. The Balaban J connectivity index is 2.33. The van der Waals surface area contributed by atoms with Crippen molar-refractivity contribution < 1.29 is 0 Å². The quantitative estimate of drug-likeness (QED) is 0.763. The van der Waals surface area contributed by atoms with Crippen molar-refractivity contribution >= 4 is 5.69 Å². The number of anilines is 1. The fraction of sp³-hybridized carbons (Fsp3) is 0.222. The van der Waals surface area contributed by atoms with Crippen LogP contribution < -0.4 is 5.32 Å². The molecule has 0 unspecified atom stereocenters. The molecule has 5 nitrogen and oxygen atoms in total. The SMILES string of the molecule is CNc1ccc(-c2nnn(C)n2)cc1. The number of hydrogen-bond acceptors (Lipinski definition) is 4. The van der Waals surface area contributed by atoms with Crippen molar-refractivity contribution in [3.05, 3.63) is 24.3 Å². The monoisotopic (exact) mass is 189 g/mol. The van der Waals surface area contributed by atoms with Crippen LogP contribution in [0.4, 0.5) is 5.69 Å². The van der Waals surface area contributed by atoms with Crippen LogP contribution in [0.2, 0.25) is 0 Å². The summed E-state index contributed by atoms with van der Waals surface area (Å²) in [5, 5.41) is 14.9. The lowest BCUT2D eigenvalue weighted by Gasteiger charge is -1.99. The summed E-state index contributed by atoms with van der Waals surface area (Å²) < 4.78 is 0. The van der Waals surface area contributed by atoms with Crippen LogP contribution in [-0.4, -0.2) is 27.3 Å². The van der Waals surface area contributed by atoms with Crippen molar-refractivity contribution in [2.24, 2.45) is 7.05 Å². The molecule has 1 N–H and O–H groups in total. The van der Waals surface area contributed by atoms with Crippen LogP contribution >= 0.6 is 0 Å². The lowest BCUT2D eigenvalue weighted by Crippen LogP contribution is -1.92. The number of aromatic nitrogens is 4. The molecule has 2 rings (SSSR count). The zero-order valence-electron chi connectivity index (χ0n) is 8.10. The molecule has 72 valence electrons. The van der Waals surface area contributed by atoms with Gasteiger partial charge in [0.05, 0.1) is 7.05 Å². The van der Waals surface area contributed by atoms with E-state index in [2.05, 4.69) is 20.7 Å². The minimum Gasteiger partial charge on any atom is -0.388 e. The molecule has 0 aliphatic rings. The standard InChI is InChI=1S/C9H11N5/c1-10-8-5-3-7(4-6-8)9-11-13-14(2)12-9/h3-6,10H,1-2H3. The molecule has 0 bridgehead atoms. The number of nitrogens with zero attached hydrogens (tertiary/aromatic N) is 4. The third-order valence-electron chi connectivity index (χ3n) is 1.94. The summed E-state index contributed by atoms with van der Waals surface area (Å²) in [4.78, 5) is 1.45. The molecule has 0 amide bonds. The molecule has 0 saturated carbocycles. The molecule has 0 aliphatic carbocycles. The topological polar surface area (TPSA) is 55.6 Å². The fourth-order valence-corrected chi connectivity index (χ4v) is 1.19. The predicted octanol–water partition coefficient (Wildman–Crippen LogP) is 0.919. The Labute approximate surface area is 81.8 Å². The maximum atomic E-state index is 4.11. The zero-order chi connectivity index (χ0) is 9.97. The van der Waals surface area contributed by atoms with Crippen LogP contribution in [0.1, 0.15) is 0 Å². The smallest absolute Gasteiger partial charge is 0.204 e. The number of aryl methyl sites for hydroxylation is 1. The van der Waals surface area contributed by atoms with Crippen LogP contribution in [0.3, 0.4) is 0 Å². The Hall–Kier alpha value is -1.91. The average Bonchev–Trinajstić information content (AvgIpc) is 2.65. The van der Waals surface area contributed by atoms with E-state index in [4.69, 9.17) is 0 Å². The second-order valence-corrected chi connectivity index (χ2v) is 2.93. The molecule has 1 aromatic carbocycles. The van der Waals surface area contributed by atoms with Crippen molar-refractivity contribution in [2.75, 3.05) is 12.4 Å². The van der Waals surface area contributed by atoms with Crippen LogP contribution in [-0.2, 0) is 7.05 Å². The molecule has 0 radical (unpaired) electrons. The molecule has 14 heavy (non-hydrogen) atoms. The highest BCUT2D eigenvalue weighted by molar-refractivity contribution is 5.58. The van der Waals surface area contributed by atoms with Gasteiger partial charge in [-0.3, -0.25) is 0 Å². The van der Waals surface area contributed by atoms with Crippen LogP contribution in [0.5, 0.6) is 0 Å². The first-order valence-corrected chi connectivity index (χ1v) is 4.32. The maximum Gasteiger partial charge on any atom is 0.204 e. The Kier molecular flexibility index (Phi) is 2.14. The highest BCUT2D eigenvalue weighted by Crippen LogP contribution is 2.16. The van der Waals surface area contributed by atoms with Gasteiger partial charge in [0.1, 0.15) is 0 Å². The van der Waals surface area contributed by atoms with E-state index in [0.29, 0.717) is 5.82 Å². The first-order chi connectivity index (χ1) is 6.79. The minimum atomic E-state index is 0.648. The van der Waals surface area contributed by atoms with Gasteiger partial charge in [-0.15, -0.1) is 10.2 Å². The van der Waals surface area contributed by atoms with E-state index >= 15 is 0 Å². The molecule has 0 spiro atoms. The molecule has 1 aromatic heterocycles. The summed E-state index contributed by atoms with van der Waals surface area (Å²) in [5.41, 5.74) is 2.04. The van der Waals surface area contributed by atoms with E-state index in [-0.39, 0.29) is 0 Å². The van der Waals surface area contributed by atoms with Crippen molar-refractivity contribution in [3.63, 3.8) is 0 Å². The first kappa shape index (κ1) is 8.68. The second-order valence-electron chi connectivity index (χ2n) is 2.93. The number of nitrogens with one attached hydrogen (secondary N) is 1. The molecule has 5 heteroatoms. The molecule has 0 fully saturated rings. The largest absolute Gasteiger partial charge is 0.388 e. The highest BCUT2D eigenvalue weighted by Gasteiger charge is 2.02. The van der Waals surface area contributed by atoms with Crippen molar-refractivity contribution in [1.29, 1.82) is 0 Å². The average molecular weight is 189 g/mol. The summed E-state index contributed by atoms with van der Waals surface area (Å²) >= 11 is 0. The van der Waals surface area contributed by atoms with Crippen molar-refractivity contribution in [1.82, 2.24) is 20.2 Å². The third kappa shape index (κ3) is 1.56. The molecule has 0 saturated heterocycles. The van der Waals surface area contributed by atoms with Gasteiger partial charge in [-0.25, -0.2) is 0 Å². The maximum absolute atomic E-state index is 4.11. The Morgan fingerprint density at radius 1 is 1.21 bits per heavy atom. The highest BCUT2D eigenvalue weighted by atomic mass is 15.6. The lowest BCUT2D eigenvalue weighted by atomic mass is 10.2. The minimum absolute atomic E-state index is 0.648. The van der Waals surface area contributed by atoms with Gasteiger partial charge in [0.25, 0.3) is 0 Å². The van der Waals surface area contributed by atoms with E-state index in [1.807, 2.05) is 31.3 Å². The number of tetrazole rings is 1. The van der Waals surface area contributed by atoms with E-state index in [1.165, 1.54) is 4.80 Å². The van der Waals surface area contributed by atoms with Crippen molar-refractivity contribution in [3.8, 4) is 11.4 Å². The predicted molar refractivity (Wildman–Crippen MR) is 53.8 cm³/mol. The summed E-state index contributed by atoms with van der Waals surface area (Å²) in [6, 6.07) is 7.88. The molecular weight excluding hydrogens is 178 g/mol. The van der Waals surface area contributed by atoms with Gasteiger partial charge in [-0.2, -0.15) is 4.80 Å². The van der Waals surface area contributed by atoms with Crippen LogP contribution in [0.25, 0.3) is 11.4 Å². The first-order valence-electron chi connectivity index (χ1n) is 4.32. The van der Waals surface area contributed by atoms with E-state index in [9.17, 15) is 0 Å². The third-order valence-corrected chi connectivity index (χ3v) is 1.94. The van der Waals surface area contributed by atoms with Gasteiger partial charge in [-0.05, 0) is 29.5 Å². The summed E-state index contributed by atoms with van der Waals surface area (Å²) in [7, 11) is 3.63. The van der Waals surface area contributed by atoms with Gasteiger partial charge in [-0.1, -0.05) is 0 Å². The summed E-state index contributed by atoms with van der Waals surface area (Å²) in [6.45, 7) is 0. The molecular formula is C9H11N5. The second kappa shape index (κ2) is 3.45. The van der Waals surface area contributed by atoms with Gasteiger partial charge < -0.3 is 5.32 Å². The Morgan fingerprint density at radius 2 is 1.93 bits per heavy atom.